The molecule has 0 atom stereocenters. The molecule has 2 rings (SSSR count). The Balaban J connectivity index is 2.32. The second kappa shape index (κ2) is 4.11. The van der Waals surface area contributed by atoms with Crippen molar-refractivity contribution in [3.8, 4) is 0 Å². The molecule has 2 aromatic rings. The van der Waals surface area contributed by atoms with Gasteiger partial charge in [-0.1, -0.05) is 15.9 Å². The molecule has 0 bridgehead atoms. The number of fused-ring (bicyclic) bond motifs is 1. The number of imidazole rings is 1. The van der Waals surface area contributed by atoms with Crippen LogP contribution in [0.4, 0.5) is 0 Å². The highest BCUT2D eigenvalue weighted by Crippen LogP contribution is 2.13. The summed E-state index contributed by atoms with van der Waals surface area (Å²) in [6.07, 6.45) is 5.05. The van der Waals surface area contributed by atoms with E-state index in [2.05, 4.69) is 32.4 Å². The Bertz CT molecular complexity index is 436. The second-order valence-corrected chi connectivity index (χ2v) is 4.11. The Kier molecular flexibility index (Phi) is 2.84. The summed E-state index contributed by atoms with van der Waals surface area (Å²) in [5, 5.41) is 3.11. The molecule has 0 radical (unpaired) electrons. The van der Waals surface area contributed by atoms with E-state index < -0.39 is 0 Å². The number of rotatable bonds is 3. The molecule has 0 aromatic carbocycles. The molecule has 0 aliphatic carbocycles. The maximum atomic E-state index is 4.50. The van der Waals surface area contributed by atoms with Crippen molar-refractivity contribution < 1.29 is 0 Å². The van der Waals surface area contributed by atoms with Gasteiger partial charge in [-0.25, -0.2) is 4.98 Å². The third kappa shape index (κ3) is 1.96. The average molecular weight is 254 g/mol. The molecule has 0 fully saturated rings. The number of aromatic nitrogens is 2. The summed E-state index contributed by atoms with van der Waals surface area (Å²) in [5.74, 6) is 0. The van der Waals surface area contributed by atoms with Gasteiger partial charge in [0.1, 0.15) is 5.65 Å². The van der Waals surface area contributed by atoms with Gasteiger partial charge in [-0.2, -0.15) is 0 Å². The Morgan fingerprint density at radius 2 is 2.43 bits per heavy atom. The Hall–Kier alpha value is -0.870. The van der Waals surface area contributed by atoms with Crippen LogP contribution in [0.5, 0.6) is 0 Å². The number of halogens is 1. The fraction of sp³-hybridized carbons (Fsp3) is 0.300. The third-order valence-corrected chi connectivity index (χ3v) is 2.60. The second-order valence-electron chi connectivity index (χ2n) is 3.20. The third-order valence-electron chi connectivity index (χ3n) is 2.10. The Morgan fingerprint density at radius 1 is 1.57 bits per heavy atom. The molecule has 1 N–H and O–H groups in total. The van der Waals surface area contributed by atoms with Crippen molar-refractivity contribution in [2.24, 2.45) is 0 Å². The minimum atomic E-state index is 0.963. The summed E-state index contributed by atoms with van der Waals surface area (Å²) in [4.78, 5) is 4.50. The fourth-order valence-electron chi connectivity index (χ4n) is 1.38. The first-order valence-electron chi connectivity index (χ1n) is 4.57. The molecule has 0 aliphatic heterocycles. The highest BCUT2D eigenvalue weighted by Gasteiger charge is 2.00. The van der Waals surface area contributed by atoms with Crippen molar-refractivity contribution in [2.75, 3.05) is 13.6 Å². The molecule has 2 heterocycles. The van der Waals surface area contributed by atoms with Crippen molar-refractivity contribution >= 4 is 21.6 Å². The van der Waals surface area contributed by atoms with Crippen LogP contribution >= 0.6 is 15.9 Å². The van der Waals surface area contributed by atoms with Crippen LogP contribution in [0.15, 0.2) is 29.0 Å². The van der Waals surface area contributed by atoms with Gasteiger partial charge in [-0.15, -0.1) is 0 Å². The SMILES string of the molecule is CNCCc1cn2ccc(Br)cc2n1. The molecule has 0 saturated heterocycles. The van der Waals surface area contributed by atoms with Gasteiger partial charge in [-0.05, 0) is 19.2 Å². The molecule has 0 spiro atoms. The van der Waals surface area contributed by atoms with E-state index in [1.807, 2.05) is 29.8 Å². The lowest BCUT2D eigenvalue weighted by Gasteiger charge is -1.92. The predicted octanol–water partition coefficient (Wildman–Crippen LogP) is 1.86. The van der Waals surface area contributed by atoms with Crippen LogP contribution in [0.2, 0.25) is 0 Å². The van der Waals surface area contributed by atoms with Gasteiger partial charge in [0.2, 0.25) is 0 Å². The molecule has 0 unspecified atom stereocenters. The molecule has 4 heteroatoms. The summed E-state index contributed by atoms with van der Waals surface area (Å²) < 4.78 is 3.10. The summed E-state index contributed by atoms with van der Waals surface area (Å²) >= 11 is 3.43. The van der Waals surface area contributed by atoms with Crippen LogP contribution in [-0.4, -0.2) is 23.0 Å². The standard InChI is InChI=1S/C10H12BrN3/c1-12-4-2-9-7-14-5-3-8(11)6-10(14)13-9/h3,5-7,12H,2,4H2,1H3. The molecular formula is C10H12BrN3. The first-order valence-corrected chi connectivity index (χ1v) is 5.36. The fourth-order valence-corrected chi connectivity index (χ4v) is 1.71. The van der Waals surface area contributed by atoms with Gasteiger partial charge >= 0.3 is 0 Å². The highest BCUT2D eigenvalue weighted by atomic mass is 79.9. The largest absolute Gasteiger partial charge is 0.319 e. The van der Waals surface area contributed by atoms with Gasteiger partial charge in [0.05, 0.1) is 5.69 Å². The van der Waals surface area contributed by atoms with Crippen LogP contribution in [0.25, 0.3) is 5.65 Å². The minimum Gasteiger partial charge on any atom is -0.319 e. The quantitative estimate of drug-likeness (QED) is 0.905. The average Bonchev–Trinajstić information content (AvgIpc) is 2.56. The van der Waals surface area contributed by atoms with Crippen LogP contribution in [0.1, 0.15) is 5.69 Å². The topological polar surface area (TPSA) is 29.3 Å². The van der Waals surface area contributed by atoms with E-state index in [4.69, 9.17) is 0 Å². The smallest absolute Gasteiger partial charge is 0.138 e. The number of hydrogen-bond acceptors (Lipinski definition) is 2. The summed E-state index contributed by atoms with van der Waals surface area (Å²) in [5.41, 5.74) is 2.11. The maximum absolute atomic E-state index is 4.50. The summed E-state index contributed by atoms with van der Waals surface area (Å²) in [6, 6.07) is 4.03. The van der Waals surface area contributed by atoms with Gasteiger partial charge < -0.3 is 9.72 Å². The number of pyridine rings is 1. The molecule has 0 saturated carbocycles. The normalized spacial score (nSPS) is 11.0. The Labute approximate surface area is 91.3 Å². The van der Waals surface area contributed by atoms with E-state index in [1.165, 1.54) is 0 Å². The van der Waals surface area contributed by atoms with E-state index in [-0.39, 0.29) is 0 Å². The van der Waals surface area contributed by atoms with Crippen LogP contribution in [-0.2, 0) is 6.42 Å². The van der Waals surface area contributed by atoms with Crippen LogP contribution in [0, 0.1) is 0 Å². The lowest BCUT2D eigenvalue weighted by molar-refractivity contribution is 0.780. The first kappa shape index (κ1) is 9.68. The van der Waals surface area contributed by atoms with Gasteiger partial charge in [0.25, 0.3) is 0 Å². The van der Waals surface area contributed by atoms with Gasteiger partial charge in [-0.3, -0.25) is 0 Å². The lowest BCUT2D eigenvalue weighted by Crippen LogP contribution is -2.10. The van der Waals surface area contributed by atoms with E-state index in [1.54, 1.807) is 0 Å². The van der Waals surface area contributed by atoms with Crippen LogP contribution in [0.3, 0.4) is 0 Å². The van der Waals surface area contributed by atoms with E-state index in [0.717, 1.165) is 28.8 Å². The number of hydrogen-bond donors (Lipinski definition) is 1. The summed E-state index contributed by atoms with van der Waals surface area (Å²) in [7, 11) is 1.95. The summed E-state index contributed by atoms with van der Waals surface area (Å²) in [6.45, 7) is 0.963. The van der Waals surface area contributed by atoms with Gasteiger partial charge in [0, 0.05) is 29.8 Å². The molecule has 14 heavy (non-hydrogen) atoms. The number of likely N-dealkylation sites (N-methyl/N-ethyl adjacent to an activating group) is 1. The zero-order valence-corrected chi connectivity index (χ0v) is 9.58. The monoisotopic (exact) mass is 253 g/mol. The van der Waals surface area contributed by atoms with E-state index in [9.17, 15) is 0 Å². The minimum absolute atomic E-state index is 0.963. The van der Waals surface area contributed by atoms with Crippen molar-refractivity contribution in [1.29, 1.82) is 0 Å². The lowest BCUT2D eigenvalue weighted by atomic mass is 10.3. The molecular weight excluding hydrogens is 242 g/mol. The van der Waals surface area contributed by atoms with Gasteiger partial charge in [0.15, 0.2) is 0 Å². The zero-order chi connectivity index (χ0) is 9.97. The van der Waals surface area contributed by atoms with E-state index in [0.29, 0.717) is 0 Å². The zero-order valence-electron chi connectivity index (χ0n) is 8.00. The van der Waals surface area contributed by atoms with Crippen molar-refractivity contribution in [1.82, 2.24) is 14.7 Å². The number of nitrogens with one attached hydrogen (secondary N) is 1. The maximum Gasteiger partial charge on any atom is 0.138 e. The first-order chi connectivity index (χ1) is 6.79. The predicted molar refractivity (Wildman–Crippen MR) is 60.5 cm³/mol. The molecule has 2 aromatic heterocycles. The van der Waals surface area contributed by atoms with E-state index >= 15 is 0 Å². The molecule has 74 valence electrons. The van der Waals surface area contributed by atoms with Crippen molar-refractivity contribution in [2.45, 2.75) is 6.42 Å². The molecule has 0 amide bonds. The Morgan fingerprint density at radius 3 is 3.21 bits per heavy atom. The van der Waals surface area contributed by atoms with Crippen LogP contribution < -0.4 is 5.32 Å². The number of nitrogens with zero attached hydrogens (tertiary/aromatic N) is 2. The van der Waals surface area contributed by atoms with Crippen molar-refractivity contribution in [3.05, 3.63) is 34.7 Å². The highest BCUT2D eigenvalue weighted by molar-refractivity contribution is 9.10. The molecule has 3 nitrogen and oxygen atoms in total. The molecule has 0 aliphatic rings. The van der Waals surface area contributed by atoms with Crippen molar-refractivity contribution in [3.63, 3.8) is 0 Å².